The van der Waals surface area contributed by atoms with Crippen molar-refractivity contribution in [2.24, 2.45) is 23.7 Å². The van der Waals surface area contributed by atoms with Gasteiger partial charge in [0.1, 0.15) is 0 Å². The zero-order valence-electron chi connectivity index (χ0n) is 6.14. The third-order valence-electron chi connectivity index (χ3n) is 3.72. The van der Waals surface area contributed by atoms with E-state index in [0.717, 1.165) is 23.7 Å². The summed E-state index contributed by atoms with van der Waals surface area (Å²) < 4.78 is 0. The molecule has 0 aromatic heterocycles. The Morgan fingerprint density at radius 2 is 0.900 bits per heavy atom. The Bertz CT molecular complexity index is 115. The molecule has 0 amide bonds. The Hall–Kier alpha value is -0.0800. The predicted molar refractivity (Wildman–Crippen MR) is 39.7 cm³/mol. The van der Waals surface area contributed by atoms with Crippen molar-refractivity contribution in [3.8, 4) is 0 Å². The van der Waals surface area contributed by atoms with Gasteiger partial charge in [0, 0.05) is 0 Å². The second-order valence-electron chi connectivity index (χ2n) is 3.97. The van der Waals surface area contributed by atoms with Crippen molar-refractivity contribution in [3.63, 3.8) is 0 Å². The van der Waals surface area contributed by atoms with Gasteiger partial charge in [-0.05, 0) is 49.9 Å². The second-order valence-corrected chi connectivity index (χ2v) is 3.97. The van der Waals surface area contributed by atoms with Crippen LogP contribution in [0.25, 0.3) is 0 Å². The number of hydrogen-bond acceptors (Lipinski definition) is 2. The van der Waals surface area contributed by atoms with Gasteiger partial charge in [0.25, 0.3) is 0 Å². The summed E-state index contributed by atoms with van der Waals surface area (Å²) in [6.07, 6.45) is 0. The van der Waals surface area contributed by atoms with Gasteiger partial charge in [-0.1, -0.05) is 0 Å². The molecule has 2 saturated heterocycles. The monoisotopic (exact) mass is 138 g/mol. The van der Waals surface area contributed by atoms with E-state index in [0.29, 0.717) is 0 Å². The average Bonchev–Trinajstić information content (AvgIpc) is 2.42. The van der Waals surface area contributed by atoms with Crippen LogP contribution in [-0.2, 0) is 0 Å². The molecular formula is C8H14N2. The standard InChI is InChI=1S/C8H14N2/c1-5-6(2-9-1)8-4-10-3-7(5)8/h5-10H,1-4H2. The van der Waals surface area contributed by atoms with Gasteiger partial charge < -0.3 is 10.6 Å². The van der Waals surface area contributed by atoms with Crippen molar-refractivity contribution >= 4 is 0 Å². The van der Waals surface area contributed by atoms with Crippen molar-refractivity contribution < 1.29 is 0 Å². The molecule has 2 aliphatic heterocycles. The third kappa shape index (κ3) is 0.487. The van der Waals surface area contributed by atoms with Gasteiger partial charge in [0.2, 0.25) is 0 Å². The van der Waals surface area contributed by atoms with E-state index < -0.39 is 0 Å². The van der Waals surface area contributed by atoms with E-state index in [1.54, 1.807) is 0 Å². The molecule has 3 rings (SSSR count). The van der Waals surface area contributed by atoms with Crippen LogP contribution in [0, 0.1) is 23.7 Å². The minimum absolute atomic E-state index is 1.04. The zero-order valence-corrected chi connectivity index (χ0v) is 6.14. The fraction of sp³-hybridized carbons (Fsp3) is 1.00. The molecule has 2 N–H and O–H groups in total. The highest BCUT2D eigenvalue weighted by molar-refractivity contribution is 5.06. The van der Waals surface area contributed by atoms with Crippen LogP contribution in [0.4, 0.5) is 0 Å². The quantitative estimate of drug-likeness (QED) is 0.479. The third-order valence-corrected chi connectivity index (χ3v) is 3.72. The smallest absolute Gasteiger partial charge is 0.00139 e. The van der Waals surface area contributed by atoms with Crippen molar-refractivity contribution in [2.45, 2.75) is 0 Å². The zero-order chi connectivity index (χ0) is 6.55. The van der Waals surface area contributed by atoms with Crippen LogP contribution in [0.2, 0.25) is 0 Å². The van der Waals surface area contributed by atoms with Gasteiger partial charge >= 0.3 is 0 Å². The van der Waals surface area contributed by atoms with Gasteiger partial charge in [-0.2, -0.15) is 0 Å². The van der Waals surface area contributed by atoms with Crippen LogP contribution in [0.1, 0.15) is 0 Å². The summed E-state index contributed by atoms with van der Waals surface area (Å²) in [5.41, 5.74) is 0. The number of fused-ring (bicyclic) bond motifs is 4. The molecule has 2 nitrogen and oxygen atoms in total. The van der Waals surface area contributed by atoms with Gasteiger partial charge in [0.15, 0.2) is 0 Å². The molecule has 0 radical (unpaired) electrons. The molecule has 0 atom stereocenters. The largest absolute Gasteiger partial charge is 0.316 e. The Morgan fingerprint density at radius 3 is 1.20 bits per heavy atom. The van der Waals surface area contributed by atoms with E-state index in [9.17, 15) is 0 Å². The topological polar surface area (TPSA) is 24.1 Å². The van der Waals surface area contributed by atoms with Gasteiger partial charge in [-0.15, -0.1) is 0 Å². The van der Waals surface area contributed by atoms with Crippen molar-refractivity contribution in [3.05, 3.63) is 0 Å². The summed E-state index contributed by atoms with van der Waals surface area (Å²) in [5, 5.41) is 6.97. The molecule has 0 spiro atoms. The molecule has 3 fully saturated rings. The lowest BCUT2D eigenvalue weighted by Gasteiger charge is -2.43. The van der Waals surface area contributed by atoms with E-state index in [2.05, 4.69) is 10.6 Å². The summed E-state index contributed by atoms with van der Waals surface area (Å²) >= 11 is 0. The predicted octanol–water partition coefficient (Wildman–Crippen LogP) is -0.329. The molecule has 0 bridgehead atoms. The Labute approximate surface area is 61.4 Å². The molecule has 0 unspecified atom stereocenters. The van der Waals surface area contributed by atoms with Crippen LogP contribution in [0.5, 0.6) is 0 Å². The normalized spacial score (nSPS) is 57.6. The van der Waals surface area contributed by atoms with Crippen LogP contribution < -0.4 is 10.6 Å². The lowest BCUT2D eigenvalue weighted by Crippen LogP contribution is -2.44. The van der Waals surface area contributed by atoms with Crippen molar-refractivity contribution in [1.82, 2.24) is 10.6 Å². The first-order valence-electron chi connectivity index (χ1n) is 4.38. The van der Waals surface area contributed by atoms with Gasteiger partial charge in [-0.25, -0.2) is 0 Å². The van der Waals surface area contributed by atoms with Crippen LogP contribution in [0.15, 0.2) is 0 Å². The first-order valence-corrected chi connectivity index (χ1v) is 4.38. The average molecular weight is 138 g/mol. The Kier molecular flexibility index (Phi) is 0.968. The molecule has 2 heterocycles. The minimum Gasteiger partial charge on any atom is -0.316 e. The first kappa shape index (κ1) is 5.56. The highest BCUT2D eigenvalue weighted by Gasteiger charge is 2.53. The highest BCUT2D eigenvalue weighted by Crippen LogP contribution is 2.49. The molecule has 0 aromatic rings. The van der Waals surface area contributed by atoms with Crippen LogP contribution in [-0.4, -0.2) is 26.2 Å². The number of rotatable bonds is 0. The van der Waals surface area contributed by atoms with Gasteiger partial charge in [-0.3, -0.25) is 0 Å². The Balaban J connectivity index is 1.84. The molecule has 10 heavy (non-hydrogen) atoms. The minimum atomic E-state index is 1.04. The van der Waals surface area contributed by atoms with Gasteiger partial charge in [0.05, 0.1) is 0 Å². The summed E-state index contributed by atoms with van der Waals surface area (Å²) in [6, 6.07) is 0. The molecule has 0 aromatic carbocycles. The lowest BCUT2D eigenvalue weighted by atomic mass is 9.60. The maximum atomic E-state index is 3.49. The first-order chi connectivity index (χ1) is 4.97. The summed E-state index contributed by atoms with van der Waals surface area (Å²) in [5.74, 6) is 4.17. The SMILES string of the molecule is C1NCC2C1C1CNCC21. The van der Waals surface area contributed by atoms with Crippen molar-refractivity contribution in [2.75, 3.05) is 26.2 Å². The van der Waals surface area contributed by atoms with E-state index in [1.807, 2.05) is 0 Å². The Morgan fingerprint density at radius 1 is 0.600 bits per heavy atom. The van der Waals surface area contributed by atoms with E-state index in [4.69, 9.17) is 0 Å². The van der Waals surface area contributed by atoms with Crippen LogP contribution >= 0.6 is 0 Å². The second kappa shape index (κ2) is 1.74. The fourth-order valence-electron chi connectivity index (χ4n) is 3.17. The van der Waals surface area contributed by atoms with Crippen molar-refractivity contribution in [1.29, 1.82) is 0 Å². The number of hydrogen-bond donors (Lipinski definition) is 2. The molecule has 56 valence electrons. The molecule has 1 aliphatic carbocycles. The lowest BCUT2D eigenvalue weighted by molar-refractivity contribution is 0.0629. The van der Waals surface area contributed by atoms with E-state index in [1.165, 1.54) is 26.2 Å². The molecule has 3 aliphatic rings. The van der Waals surface area contributed by atoms with E-state index >= 15 is 0 Å². The highest BCUT2D eigenvalue weighted by atomic mass is 15.0. The maximum absolute atomic E-state index is 3.49. The maximum Gasteiger partial charge on any atom is -0.00139 e. The molecule has 2 heteroatoms. The number of nitrogens with one attached hydrogen (secondary N) is 2. The summed E-state index contributed by atoms with van der Waals surface area (Å²) in [4.78, 5) is 0. The fourth-order valence-corrected chi connectivity index (χ4v) is 3.17. The molecule has 1 saturated carbocycles. The molecular weight excluding hydrogens is 124 g/mol. The van der Waals surface area contributed by atoms with E-state index in [-0.39, 0.29) is 0 Å². The summed E-state index contributed by atoms with van der Waals surface area (Å²) in [7, 11) is 0. The summed E-state index contributed by atoms with van der Waals surface area (Å²) in [6.45, 7) is 5.20. The van der Waals surface area contributed by atoms with Crippen LogP contribution in [0.3, 0.4) is 0 Å².